The van der Waals surface area contributed by atoms with Crippen LogP contribution in [0.2, 0.25) is 0 Å². The van der Waals surface area contributed by atoms with Crippen LogP contribution in [0.1, 0.15) is 227 Å². The van der Waals surface area contributed by atoms with E-state index in [9.17, 15) is 19.2 Å². The zero-order valence-electron chi connectivity index (χ0n) is 33.2. The largest absolute Gasteiger partial charge is 0.481 e. The Hall–Kier alpha value is -2.12. The standard InChI is InChI=1S/2C21H40O4/c1-3-5-7-14-18-24-20(22)16-12-10-9-11-13-17-21(23)25-19-15-8-6-4-2;1-3-5-7-9-15-21(16-10-8-6-4-2,17-11-13-19(22)23)18-12-14-20(24)25/h3-19H2,1-2H3;3-18H2,1-2H3,(H,22,23)(H,24,25). The monoisotopic (exact) mass is 713 g/mol. The van der Waals surface area contributed by atoms with Crippen LogP contribution in [0.5, 0.6) is 0 Å². The molecule has 0 amide bonds. The number of carboxylic acid groups (broad SMARTS) is 2. The average molecular weight is 713 g/mol. The molecule has 8 nitrogen and oxygen atoms in total. The number of rotatable bonds is 36. The summed E-state index contributed by atoms with van der Waals surface area (Å²) in [7, 11) is 0. The van der Waals surface area contributed by atoms with Crippen LogP contribution >= 0.6 is 0 Å². The molecule has 0 saturated heterocycles. The van der Waals surface area contributed by atoms with E-state index >= 15 is 0 Å². The highest BCUT2D eigenvalue weighted by molar-refractivity contribution is 5.69. The van der Waals surface area contributed by atoms with Gasteiger partial charge in [0.2, 0.25) is 0 Å². The van der Waals surface area contributed by atoms with Gasteiger partial charge in [-0.15, -0.1) is 0 Å². The van der Waals surface area contributed by atoms with E-state index in [1.165, 1.54) is 77.0 Å². The number of ether oxygens (including phenoxy) is 2. The number of carboxylic acids is 2. The fourth-order valence-corrected chi connectivity index (χ4v) is 6.48. The molecular formula is C42H80O8. The topological polar surface area (TPSA) is 127 Å². The molecule has 0 aromatic heterocycles. The zero-order chi connectivity index (χ0) is 37.6. The van der Waals surface area contributed by atoms with Gasteiger partial charge in [0.05, 0.1) is 13.2 Å². The van der Waals surface area contributed by atoms with Crippen molar-refractivity contribution < 1.29 is 38.9 Å². The minimum absolute atomic E-state index is 0.0665. The van der Waals surface area contributed by atoms with Crippen LogP contribution in [0, 0.1) is 5.41 Å². The van der Waals surface area contributed by atoms with Crippen LogP contribution in [-0.2, 0) is 28.7 Å². The molecule has 0 aliphatic carbocycles. The summed E-state index contributed by atoms with van der Waals surface area (Å²) in [4.78, 5) is 44.9. The molecule has 0 radical (unpaired) electrons. The van der Waals surface area contributed by atoms with E-state index in [0.29, 0.717) is 38.9 Å². The van der Waals surface area contributed by atoms with Gasteiger partial charge in [-0.05, 0) is 69.6 Å². The van der Waals surface area contributed by atoms with Gasteiger partial charge >= 0.3 is 23.9 Å². The van der Waals surface area contributed by atoms with Gasteiger partial charge in [-0.2, -0.15) is 0 Å². The third-order valence-electron chi connectivity index (χ3n) is 9.60. The second-order valence-corrected chi connectivity index (χ2v) is 14.4. The van der Waals surface area contributed by atoms with Crippen molar-refractivity contribution in [3.05, 3.63) is 0 Å². The molecule has 0 aromatic carbocycles. The number of esters is 2. The summed E-state index contributed by atoms with van der Waals surface area (Å²) in [5, 5.41) is 17.9. The number of hydrogen-bond donors (Lipinski definition) is 2. The maximum atomic E-state index is 11.5. The van der Waals surface area contributed by atoms with E-state index in [2.05, 4.69) is 27.7 Å². The minimum atomic E-state index is -0.726. The highest BCUT2D eigenvalue weighted by Crippen LogP contribution is 2.41. The molecule has 0 aliphatic rings. The molecule has 0 rings (SSSR count). The first-order valence-corrected chi connectivity index (χ1v) is 20.9. The van der Waals surface area contributed by atoms with Gasteiger partial charge in [0.1, 0.15) is 0 Å². The number of carbonyl (C=O) groups is 4. The van der Waals surface area contributed by atoms with Gasteiger partial charge < -0.3 is 19.7 Å². The quantitative estimate of drug-likeness (QED) is 0.0485. The number of hydrogen-bond acceptors (Lipinski definition) is 6. The molecule has 0 aromatic rings. The highest BCUT2D eigenvalue weighted by atomic mass is 16.5. The summed E-state index contributed by atoms with van der Waals surface area (Å²) in [6, 6.07) is 0. The van der Waals surface area contributed by atoms with Gasteiger partial charge in [-0.3, -0.25) is 19.2 Å². The first-order chi connectivity index (χ1) is 24.2. The van der Waals surface area contributed by atoms with Crippen molar-refractivity contribution in [2.75, 3.05) is 13.2 Å². The molecule has 8 heteroatoms. The van der Waals surface area contributed by atoms with Crippen LogP contribution in [-0.4, -0.2) is 47.3 Å². The fraction of sp³-hybridized carbons (Fsp3) is 0.905. The molecule has 0 unspecified atom stereocenters. The van der Waals surface area contributed by atoms with Gasteiger partial charge in [-0.25, -0.2) is 0 Å². The summed E-state index contributed by atoms with van der Waals surface area (Å²) in [5.41, 5.74) is 0.145. The van der Waals surface area contributed by atoms with E-state index in [0.717, 1.165) is 83.5 Å². The first kappa shape index (κ1) is 50.0. The Kier molecular flexibility index (Phi) is 38.1. The SMILES string of the molecule is CCCCCCC(CCCCCC)(CCCC(=O)O)CCCC(=O)O.CCCCCCOC(=O)CCCCCCCC(=O)OCCCCCC. The number of carbonyl (C=O) groups excluding carboxylic acids is 2. The number of unbranched alkanes of at least 4 members (excludes halogenated alkanes) is 16. The summed E-state index contributed by atoms with van der Waals surface area (Å²) < 4.78 is 10.4. The van der Waals surface area contributed by atoms with Crippen molar-refractivity contribution in [3.63, 3.8) is 0 Å². The lowest BCUT2D eigenvalue weighted by atomic mass is 9.71. The molecule has 2 N–H and O–H groups in total. The Labute approximate surface area is 307 Å². The average Bonchev–Trinajstić information content (AvgIpc) is 3.08. The van der Waals surface area contributed by atoms with Crippen LogP contribution in [0.15, 0.2) is 0 Å². The van der Waals surface area contributed by atoms with E-state index in [1.54, 1.807) is 0 Å². The van der Waals surface area contributed by atoms with E-state index in [1.807, 2.05) is 0 Å². The first-order valence-electron chi connectivity index (χ1n) is 20.9. The predicted molar refractivity (Wildman–Crippen MR) is 205 cm³/mol. The maximum absolute atomic E-state index is 11.5. The van der Waals surface area contributed by atoms with Crippen LogP contribution in [0.4, 0.5) is 0 Å². The van der Waals surface area contributed by atoms with Gasteiger partial charge in [0, 0.05) is 25.7 Å². The lowest BCUT2D eigenvalue weighted by Gasteiger charge is -2.35. The summed E-state index contributed by atoms with van der Waals surface area (Å²) in [6.07, 6.45) is 30.7. The Bertz CT molecular complexity index is 733. The normalized spacial score (nSPS) is 11.1. The van der Waals surface area contributed by atoms with Crippen LogP contribution in [0.3, 0.4) is 0 Å². The minimum Gasteiger partial charge on any atom is -0.481 e. The van der Waals surface area contributed by atoms with E-state index < -0.39 is 11.9 Å². The molecule has 0 bridgehead atoms. The predicted octanol–water partition coefficient (Wildman–Crippen LogP) is 12.4. The van der Waals surface area contributed by atoms with E-state index in [-0.39, 0.29) is 30.2 Å². The Morgan fingerprint density at radius 3 is 1.02 bits per heavy atom. The van der Waals surface area contributed by atoms with Gasteiger partial charge in [-0.1, -0.05) is 137 Å². The van der Waals surface area contributed by atoms with Gasteiger partial charge in [0.15, 0.2) is 0 Å². The van der Waals surface area contributed by atoms with Crippen molar-refractivity contribution >= 4 is 23.9 Å². The van der Waals surface area contributed by atoms with Crippen molar-refractivity contribution in [3.8, 4) is 0 Å². The van der Waals surface area contributed by atoms with Crippen LogP contribution < -0.4 is 0 Å². The van der Waals surface area contributed by atoms with Crippen molar-refractivity contribution in [1.29, 1.82) is 0 Å². The van der Waals surface area contributed by atoms with Crippen molar-refractivity contribution in [2.45, 2.75) is 227 Å². The molecule has 0 spiro atoms. The Morgan fingerprint density at radius 1 is 0.380 bits per heavy atom. The van der Waals surface area contributed by atoms with Crippen molar-refractivity contribution in [2.24, 2.45) is 5.41 Å². The van der Waals surface area contributed by atoms with Gasteiger partial charge in [0.25, 0.3) is 0 Å². The Morgan fingerprint density at radius 2 is 0.680 bits per heavy atom. The third kappa shape index (κ3) is 37.1. The molecular weight excluding hydrogens is 632 g/mol. The summed E-state index contributed by atoms with van der Waals surface area (Å²) >= 11 is 0. The second kappa shape index (κ2) is 38.1. The van der Waals surface area contributed by atoms with Crippen LogP contribution in [0.25, 0.3) is 0 Å². The molecule has 0 fully saturated rings. The smallest absolute Gasteiger partial charge is 0.305 e. The zero-order valence-corrected chi connectivity index (χ0v) is 33.2. The lowest BCUT2D eigenvalue weighted by molar-refractivity contribution is -0.144. The summed E-state index contributed by atoms with van der Waals surface area (Å²) in [6.45, 7) is 9.89. The third-order valence-corrected chi connectivity index (χ3v) is 9.60. The summed E-state index contributed by atoms with van der Waals surface area (Å²) in [5.74, 6) is -1.58. The molecule has 0 atom stereocenters. The fourth-order valence-electron chi connectivity index (χ4n) is 6.48. The highest BCUT2D eigenvalue weighted by Gasteiger charge is 2.29. The van der Waals surface area contributed by atoms with E-state index in [4.69, 9.17) is 19.7 Å². The molecule has 296 valence electrons. The number of aliphatic carboxylic acids is 2. The second-order valence-electron chi connectivity index (χ2n) is 14.4. The molecule has 0 aliphatic heterocycles. The lowest BCUT2D eigenvalue weighted by Crippen LogP contribution is -2.22. The maximum Gasteiger partial charge on any atom is 0.305 e. The molecule has 0 saturated carbocycles. The Balaban J connectivity index is 0. The molecule has 0 heterocycles. The molecule has 50 heavy (non-hydrogen) atoms. The van der Waals surface area contributed by atoms with Crippen molar-refractivity contribution in [1.82, 2.24) is 0 Å².